The van der Waals surface area contributed by atoms with Crippen LogP contribution >= 0.6 is 0 Å². The Bertz CT molecular complexity index is 3560. The van der Waals surface area contributed by atoms with Gasteiger partial charge in [0.25, 0.3) is 0 Å². The van der Waals surface area contributed by atoms with Crippen molar-refractivity contribution in [2.24, 2.45) is 0 Å². The van der Waals surface area contributed by atoms with Gasteiger partial charge in [0.05, 0.1) is 5.70 Å². The number of anilines is 11. The summed E-state index contributed by atoms with van der Waals surface area (Å²) in [5.74, 6) is 2.98. The molecule has 11 aromatic rings. The highest BCUT2D eigenvalue weighted by Gasteiger charge is 2.20. The third-order valence-electron chi connectivity index (χ3n) is 12.9. The van der Waals surface area contributed by atoms with Crippen molar-refractivity contribution in [3.8, 4) is 12.3 Å². The van der Waals surface area contributed by atoms with Crippen molar-refractivity contribution in [1.29, 1.82) is 0 Å². The molecule has 0 saturated carbocycles. The summed E-state index contributed by atoms with van der Waals surface area (Å²) in [6.45, 7) is 2.00. The van der Waals surface area contributed by atoms with Gasteiger partial charge in [-0.05, 0) is 179 Å². The van der Waals surface area contributed by atoms with Crippen molar-refractivity contribution < 1.29 is 0 Å². The molecule has 0 bridgehead atoms. The van der Waals surface area contributed by atoms with Gasteiger partial charge in [-0.15, -0.1) is 6.42 Å². The molecule has 11 rings (SSSR count). The molecular weight excluding hydrogens is 861 g/mol. The summed E-state index contributed by atoms with van der Waals surface area (Å²) in [6.07, 6.45) is 12.3. The van der Waals surface area contributed by atoms with Gasteiger partial charge in [0.2, 0.25) is 0 Å². The molecule has 0 aliphatic carbocycles. The van der Waals surface area contributed by atoms with Gasteiger partial charge in [0.15, 0.2) is 0 Å². The summed E-state index contributed by atoms with van der Waals surface area (Å²) < 4.78 is 0. The second-order valence-electron chi connectivity index (χ2n) is 17.4. The molecule has 0 aromatic heterocycles. The lowest BCUT2D eigenvalue weighted by atomic mass is 10.1. The van der Waals surface area contributed by atoms with E-state index in [9.17, 15) is 0 Å². The van der Waals surface area contributed by atoms with E-state index in [2.05, 4.69) is 286 Å². The van der Waals surface area contributed by atoms with E-state index in [1.807, 2.05) is 25.2 Å². The third-order valence-corrected chi connectivity index (χ3v) is 12.9. The van der Waals surface area contributed by atoms with Crippen LogP contribution in [0.2, 0.25) is 0 Å². The highest BCUT2D eigenvalue weighted by atomic mass is 15.2. The predicted molar refractivity (Wildman–Crippen MR) is 303 cm³/mol. The Hall–Kier alpha value is -9.56. The van der Waals surface area contributed by atoms with Gasteiger partial charge >= 0.3 is 0 Å². The average Bonchev–Trinajstić information content (AvgIpc) is 3.44. The predicted octanol–water partition coefficient (Wildman–Crippen LogP) is 18.8. The van der Waals surface area contributed by atoms with Crippen molar-refractivity contribution in [2.75, 3.05) is 19.6 Å². The lowest BCUT2D eigenvalue weighted by Crippen LogP contribution is -2.16. The molecule has 4 heteroatoms. The third kappa shape index (κ3) is 9.12. The van der Waals surface area contributed by atoms with Crippen molar-refractivity contribution in [3.05, 3.63) is 285 Å². The first-order chi connectivity index (χ1) is 35.1. The molecule has 0 radical (unpaired) electrons. The minimum Gasteiger partial charge on any atom is -0.310 e. The first-order valence-electron chi connectivity index (χ1n) is 24.0. The Morgan fingerprint density at radius 1 is 0.310 bits per heavy atom. The highest BCUT2D eigenvalue weighted by Crippen LogP contribution is 2.43. The Morgan fingerprint density at radius 2 is 0.592 bits per heavy atom. The number of fused-ring (bicyclic) bond motifs is 3. The topological polar surface area (TPSA) is 13.0 Å². The van der Waals surface area contributed by atoms with Crippen LogP contribution in [0.1, 0.15) is 6.92 Å². The Labute approximate surface area is 416 Å². The number of rotatable bonds is 13. The number of hydrogen-bond donors (Lipinski definition) is 0. The zero-order valence-corrected chi connectivity index (χ0v) is 39.4. The first kappa shape index (κ1) is 44.0. The molecule has 0 aliphatic heterocycles. The van der Waals surface area contributed by atoms with Crippen LogP contribution in [0.4, 0.5) is 62.6 Å². The highest BCUT2D eigenvalue weighted by molar-refractivity contribution is 5.92. The SMILES string of the molecule is C#C/C(=C\C=C/C)N(c1ccc(N(c2ccc(N(c3ccccc3)c3ccc4ccccc4c3)cc2)c2ccc(N(c3ccccc3)c3ccc4ccccc4c3)cc2)cc1)c1ccc2ccccc2c1. The zero-order chi connectivity index (χ0) is 47.9. The quantitative estimate of drug-likeness (QED) is 0.0844. The number of allylic oxidation sites excluding steroid dienone is 4. The summed E-state index contributed by atoms with van der Waals surface area (Å²) >= 11 is 0. The lowest BCUT2D eigenvalue weighted by molar-refractivity contribution is 1.22. The molecule has 0 atom stereocenters. The van der Waals surface area contributed by atoms with E-state index in [0.717, 1.165) is 73.6 Å². The summed E-state index contributed by atoms with van der Waals surface area (Å²) in [5.41, 5.74) is 12.1. The molecule has 0 N–H and O–H groups in total. The fourth-order valence-corrected chi connectivity index (χ4v) is 9.50. The van der Waals surface area contributed by atoms with Crippen LogP contribution in [0.3, 0.4) is 0 Å². The van der Waals surface area contributed by atoms with Gasteiger partial charge in [-0.1, -0.05) is 145 Å². The molecule has 0 fully saturated rings. The van der Waals surface area contributed by atoms with Crippen LogP contribution < -0.4 is 19.6 Å². The maximum absolute atomic E-state index is 6.29. The van der Waals surface area contributed by atoms with Crippen molar-refractivity contribution in [2.45, 2.75) is 6.92 Å². The van der Waals surface area contributed by atoms with Crippen LogP contribution in [0.25, 0.3) is 32.3 Å². The molecule has 71 heavy (non-hydrogen) atoms. The Kier molecular flexibility index (Phi) is 12.4. The number of para-hydroxylation sites is 2. The van der Waals surface area contributed by atoms with E-state index in [0.29, 0.717) is 0 Å². The molecule has 0 amide bonds. The first-order valence-corrected chi connectivity index (χ1v) is 24.0. The van der Waals surface area contributed by atoms with Crippen LogP contribution in [-0.4, -0.2) is 0 Å². The normalized spacial score (nSPS) is 11.5. The van der Waals surface area contributed by atoms with Gasteiger partial charge in [0.1, 0.15) is 0 Å². The zero-order valence-electron chi connectivity index (χ0n) is 39.4. The monoisotopic (exact) mass is 910 g/mol. The number of benzene rings is 11. The van der Waals surface area contributed by atoms with Gasteiger partial charge in [0, 0.05) is 62.6 Å². The van der Waals surface area contributed by atoms with Gasteiger partial charge in [-0.25, -0.2) is 0 Å². The summed E-state index contributed by atoms with van der Waals surface area (Å²) in [5, 5.41) is 7.12. The van der Waals surface area contributed by atoms with Gasteiger partial charge < -0.3 is 19.6 Å². The number of nitrogens with zero attached hydrogens (tertiary/aromatic N) is 4. The van der Waals surface area contributed by atoms with Crippen molar-refractivity contribution in [3.63, 3.8) is 0 Å². The maximum atomic E-state index is 6.29. The van der Waals surface area contributed by atoms with Crippen LogP contribution in [0, 0.1) is 12.3 Å². The van der Waals surface area contributed by atoms with Crippen LogP contribution in [-0.2, 0) is 0 Å². The Morgan fingerprint density at radius 3 is 0.958 bits per heavy atom. The van der Waals surface area contributed by atoms with E-state index < -0.39 is 0 Å². The van der Waals surface area contributed by atoms with E-state index in [1.165, 1.54) is 26.9 Å². The maximum Gasteiger partial charge on any atom is 0.0966 e. The fraction of sp³-hybridized carbons (Fsp3) is 0.0149. The summed E-state index contributed by atoms with van der Waals surface area (Å²) in [4.78, 5) is 9.11. The molecule has 11 aromatic carbocycles. The molecule has 0 unspecified atom stereocenters. The smallest absolute Gasteiger partial charge is 0.0966 e. The van der Waals surface area contributed by atoms with Crippen LogP contribution in [0.15, 0.2) is 285 Å². The molecule has 338 valence electrons. The fourth-order valence-electron chi connectivity index (χ4n) is 9.50. The van der Waals surface area contributed by atoms with Gasteiger partial charge in [-0.3, -0.25) is 0 Å². The van der Waals surface area contributed by atoms with E-state index in [-0.39, 0.29) is 0 Å². The molecule has 0 spiro atoms. The second kappa shape index (κ2) is 20.0. The van der Waals surface area contributed by atoms with Crippen molar-refractivity contribution >= 4 is 94.9 Å². The minimum absolute atomic E-state index is 0.734. The van der Waals surface area contributed by atoms with E-state index in [4.69, 9.17) is 6.42 Å². The molecule has 0 aliphatic rings. The molecule has 0 heterocycles. The second-order valence-corrected chi connectivity index (χ2v) is 17.4. The summed E-state index contributed by atoms with van der Waals surface area (Å²) in [7, 11) is 0. The number of hydrogen-bond acceptors (Lipinski definition) is 4. The molecule has 4 nitrogen and oxygen atoms in total. The summed E-state index contributed by atoms with van der Waals surface area (Å²) in [6, 6.07) is 92.9. The van der Waals surface area contributed by atoms with Crippen molar-refractivity contribution in [1.82, 2.24) is 0 Å². The largest absolute Gasteiger partial charge is 0.310 e. The lowest BCUT2D eigenvalue weighted by Gasteiger charge is -2.30. The van der Waals surface area contributed by atoms with E-state index in [1.54, 1.807) is 0 Å². The molecule has 0 saturated heterocycles. The average molecular weight is 911 g/mol. The number of terminal acetylenes is 1. The Balaban J connectivity index is 1.02. The van der Waals surface area contributed by atoms with Gasteiger partial charge in [-0.2, -0.15) is 0 Å². The molecular formula is C67H50N4. The van der Waals surface area contributed by atoms with E-state index >= 15 is 0 Å². The standard InChI is InChI=1S/C67H50N4/c1-3-5-24-56(4-2)68(65-32-29-50-18-12-15-21-53(50)47-65)59-35-37-60(38-36-59)69(61-39-43-63(44-40-61)70(57-25-8-6-9-26-57)66-33-30-51-19-13-16-22-54(51)48-66)62-41-45-64(46-42-62)71(58-27-10-7-11-28-58)67-34-31-52-20-14-17-23-55(52)49-67/h2-3,5-49H,1H3/b5-3-,56-24+. The van der Waals surface area contributed by atoms with Crippen LogP contribution in [0.5, 0.6) is 0 Å². The minimum atomic E-state index is 0.734.